The summed E-state index contributed by atoms with van der Waals surface area (Å²) in [5.41, 5.74) is 5.23. The van der Waals surface area contributed by atoms with E-state index in [1.54, 1.807) is 0 Å². The number of pyridine rings is 1. The molecule has 0 spiro atoms. The molecule has 0 saturated carbocycles. The van der Waals surface area contributed by atoms with E-state index < -0.39 is 0 Å². The lowest BCUT2D eigenvalue weighted by atomic mass is 9.74. The lowest BCUT2D eigenvalue weighted by Gasteiger charge is -2.43. The van der Waals surface area contributed by atoms with E-state index in [0.29, 0.717) is 31.6 Å². The molecule has 28 heavy (non-hydrogen) atoms. The molecule has 1 aromatic heterocycles. The molecular weight excluding hydrogens is 354 g/mol. The molecule has 2 fully saturated rings. The van der Waals surface area contributed by atoms with Gasteiger partial charge >= 0.3 is 0 Å². The highest BCUT2D eigenvalue weighted by atomic mass is 16.2. The number of hydrogen-bond donors (Lipinski definition) is 1. The normalized spacial score (nSPS) is 22.7. The summed E-state index contributed by atoms with van der Waals surface area (Å²) < 4.78 is 0. The highest BCUT2D eigenvalue weighted by molar-refractivity contribution is 6.39. The molecule has 7 heteroatoms. The van der Waals surface area contributed by atoms with Crippen LogP contribution in [-0.4, -0.2) is 65.0 Å². The van der Waals surface area contributed by atoms with Crippen LogP contribution in [0.4, 0.5) is 0 Å². The van der Waals surface area contributed by atoms with Crippen molar-refractivity contribution < 1.29 is 9.59 Å². The number of carbonyl (C=O) groups is 2. The maximum absolute atomic E-state index is 12.8. The number of piperidine rings is 1. The first-order valence-corrected chi connectivity index (χ1v) is 10.4. The van der Waals surface area contributed by atoms with Crippen LogP contribution in [0.5, 0.6) is 0 Å². The summed E-state index contributed by atoms with van der Waals surface area (Å²) in [5.74, 6) is -0.156. The molecule has 2 saturated heterocycles. The fraction of sp³-hybridized carbons (Fsp3) is 0.619. The second-order valence-corrected chi connectivity index (χ2v) is 8.37. The van der Waals surface area contributed by atoms with Crippen molar-refractivity contribution in [2.45, 2.75) is 50.9 Å². The first-order chi connectivity index (χ1) is 13.6. The number of rotatable bonds is 4. The van der Waals surface area contributed by atoms with E-state index in [9.17, 15) is 9.59 Å². The number of carbonyl (C=O) groups excluding carboxylic acids is 2. The second kappa shape index (κ2) is 7.99. The van der Waals surface area contributed by atoms with E-state index >= 15 is 0 Å². The monoisotopic (exact) mass is 383 g/mol. The Bertz CT molecular complexity index is 760. The van der Waals surface area contributed by atoms with Gasteiger partial charge in [0.05, 0.1) is 0 Å². The number of nitrogens with zero attached hydrogens (tertiary/aromatic N) is 4. The Hall–Kier alpha value is -2.28. The predicted molar refractivity (Wildman–Crippen MR) is 107 cm³/mol. The van der Waals surface area contributed by atoms with Gasteiger partial charge in [0.1, 0.15) is 5.71 Å². The zero-order valence-corrected chi connectivity index (χ0v) is 16.6. The molecule has 4 rings (SSSR count). The number of hydrogen-bond acceptors (Lipinski definition) is 5. The standard InChI is InChI=1S/C21H29N5O2/c1-16-4-6-18(22-14-16)21(15-25-10-2-3-11-25)8-12-26(13-9-21)20(28)17-5-7-19(27)24-23-17/h4,6,14H,2-3,5,7-13,15H2,1H3,(H,24,27). The number of amides is 2. The van der Waals surface area contributed by atoms with Gasteiger partial charge in [0, 0.05) is 49.8 Å². The molecule has 1 N–H and O–H groups in total. The van der Waals surface area contributed by atoms with Crippen LogP contribution >= 0.6 is 0 Å². The molecule has 7 nitrogen and oxygen atoms in total. The quantitative estimate of drug-likeness (QED) is 0.857. The minimum atomic E-state index is -0.120. The first-order valence-electron chi connectivity index (χ1n) is 10.4. The largest absolute Gasteiger partial charge is 0.337 e. The Morgan fingerprint density at radius 1 is 1.14 bits per heavy atom. The number of likely N-dealkylation sites (tertiary alicyclic amines) is 2. The summed E-state index contributed by atoms with van der Waals surface area (Å²) in [4.78, 5) is 33.3. The smallest absolute Gasteiger partial charge is 0.270 e. The van der Waals surface area contributed by atoms with E-state index in [1.807, 2.05) is 11.1 Å². The van der Waals surface area contributed by atoms with Crippen LogP contribution < -0.4 is 5.43 Å². The molecule has 0 radical (unpaired) electrons. The van der Waals surface area contributed by atoms with Crippen LogP contribution in [0, 0.1) is 6.92 Å². The molecule has 0 aromatic carbocycles. The van der Waals surface area contributed by atoms with Crippen molar-refractivity contribution in [2.24, 2.45) is 5.10 Å². The van der Waals surface area contributed by atoms with E-state index in [2.05, 4.69) is 34.5 Å². The van der Waals surface area contributed by atoms with E-state index in [-0.39, 0.29) is 17.2 Å². The maximum Gasteiger partial charge on any atom is 0.270 e. The topological polar surface area (TPSA) is 77.9 Å². The van der Waals surface area contributed by atoms with Crippen molar-refractivity contribution in [3.05, 3.63) is 29.6 Å². The highest BCUT2D eigenvalue weighted by Gasteiger charge is 2.41. The van der Waals surface area contributed by atoms with Gasteiger partial charge < -0.3 is 9.80 Å². The molecule has 0 unspecified atom stereocenters. The van der Waals surface area contributed by atoms with Crippen LogP contribution in [0.3, 0.4) is 0 Å². The van der Waals surface area contributed by atoms with E-state index in [1.165, 1.54) is 18.4 Å². The third-order valence-corrected chi connectivity index (χ3v) is 6.34. The maximum atomic E-state index is 12.8. The minimum absolute atomic E-state index is 0.00257. The Morgan fingerprint density at radius 2 is 1.89 bits per heavy atom. The van der Waals surface area contributed by atoms with Gasteiger partial charge in [0.15, 0.2) is 0 Å². The van der Waals surface area contributed by atoms with E-state index in [0.717, 1.165) is 38.2 Å². The van der Waals surface area contributed by atoms with Gasteiger partial charge in [-0.25, -0.2) is 5.43 Å². The van der Waals surface area contributed by atoms with Crippen LogP contribution in [-0.2, 0) is 15.0 Å². The summed E-state index contributed by atoms with van der Waals surface area (Å²) in [6.45, 7) is 6.81. The summed E-state index contributed by atoms with van der Waals surface area (Å²) in [6, 6.07) is 4.31. The molecule has 0 aliphatic carbocycles. The Morgan fingerprint density at radius 3 is 2.50 bits per heavy atom. The Kier molecular flexibility index (Phi) is 5.44. The molecule has 3 aliphatic rings. The number of hydrazone groups is 1. The molecule has 0 bridgehead atoms. The zero-order chi connectivity index (χ0) is 19.6. The average molecular weight is 383 g/mol. The van der Waals surface area contributed by atoms with Crippen LogP contribution in [0.15, 0.2) is 23.4 Å². The molecule has 0 atom stereocenters. The van der Waals surface area contributed by atoms with Gasteiger partial charge in [-0.3, -0.25) is 14.6 Å². The first kappa shape index (κ1) is 19.1. The fourth-order valence-electron chi connectivity index (χ4n) is 4.59. The predicted octanol–water partition coefficient (Wildman–Crippen LogP) is 1.61. The molecule has 2 amide bonds. The lowest BCUT2D eigenvalue weighted by Crippen LogP contribution is -2.52. The third kappa shape index (κ3) is 3.94. The van der Waals surface area contributed by atoms with Gasteiger partial charge in [-0.15, -0.1) is 0 Å². The minimum Gasteiger partial charge on any atom is -0.337 e. The van der Waals surface area contributed by atoms with Gasteiger partial charge in [0.2, 0.25) is 5.91 Å². The average Bonchev–Trinajstić information content (AvgIpc) is 3.22. The highest BCUT2D eigenvalue weighted by Crippen LogP contribution is 2.36. The molecule has 150 valence electrons. The van der Waals surface area contributed by atoms with Gasteiger partial charge in [0.25, 0.3) is 5.91 Å². The Balaban J connectivity index is 1.49. The van der Waals surface area contributed by atoms with Crippen LogP contribution in [0.2, 0.25) is 0 Å². The molecular formula is C21H29N5O2. The van der Waals surface area contributed by atoms with Crippen molar-refractivity contribution in [3.8, 4) is 0 Å². The van der Waals surface area contributed by atoms with Gasteiger partial charge in [-0.05, 0) is 57.3 Å². The van der Waals surface area contributed by atoms with Crippen molar-refractivity contribution in [1.82, 2.24) is 20.2 Å². The van der Waals surface area contributed by atoms with Crippen molar-refractivity contribution >= 4 is 17.5 Å². The summed E-state index contributed by atoms with van der Waals surface area (Å²) in [6.07, 6.45) is 7.08. The molecule has 1 aromatic rings. The van der Waals surface area contributed by atoms with Crippen LogP contribution in [0.25, 0.3) is 0 Å². The van der Waals surface area contributed by atoms with Gasteiger partial charge in [-0.2, -0.15) is 5.10 Å². The number of nitrogens with one attached hydrogen (secondary N) is 1. The number of aromatic nitrogens is 1. The van der Waals surface area contributed by atoms with Crippen molar-refractivity contribution in [3.63, 3.8) is 0 Å². The summed E-state index contributed by atoms with van der Waals surface area (Å²) in [7, 11) is 0. The summed E-state index contributed by atoms with van der Waals surface area (Å²) >= 11 is 0. The number of aryl methyl sites for hydroxylation is 1. The van der Waals surface area contributed by atoms with Crippen molar-refractivity contribution in [1.29, 1.82) is 0 Å². The second-order valence-electron chi connectivity index (χ2n) is 8.37. The van der Waals surface area contributed by atoms with E-state index in [4.69, 9.17) is 4.98 Å². The molecule has 4 heterocycles. The Labute approximate surface area is 166 Å². The zero-order valence-electron chi connectivity index (χ0n) is 16.6. The molecule has 3 aliphatic heterocycles. The fourth-order valence-corrected chi connectivity index (χ4v) is 4.59. The van der Waals surface area contributed by atoms with Crippen molar-refractivity contribution in [2.75, 3.05) is 32.7 Å². The van der Waals surface area contributed by atoms with Crippen LogP contribution in [0.1, 0.15) is 49.8 Å². The SMILES string of the molecule is Cc1ccc(C2(CN3CCCC3)CCN(C(=O)C3=NNC(=O)CC3)CC2)nc1. The van der Waals surface area contributed by atoms with Gasteiger partial charge in [-0.1, -0.05) is 6.07 Å². The summed E-state index contributed by atoms with van der Waals surface area (Å²) in [5, 5.41) is 3.98. The third-order valence-electron chi connectivity index (χ3n) is 6.34. The lowest BCUT2D eigenvalue weighted by molar-refractivity contribution is -0.126.